The largest absolute Gasteiger partial charge is 0.501 e. The number of halogens is 4. The number of alkyl halides is 4. The molecule has 1 aliphatic heterocycles. The molecule has 1 aromatic rings. The summed E-state index contributed by atoms with van der Waals surface area (Å²) in [7, 11) is 0. The molecule has 8 nitrogen and oxygen atoms in total. The zero-order chi connectivity index (χ0) is 24.8. The highest BCUT2D eigenvalue weighted by Gasteiger charge is 2.38. The van der Waals surface area contributed by atoms with Gasteiger partial charge in [-0.05, 0) is 38.0 Å². The third-order valence-corrected chi connectivity index (χ3v) is 4.48. The van der Waals surface area contributed by atoms with E-state index < -0.39 is 41.2 Å². The number of allylic oxidation sites excluding steroid dienone is 4. The van der Waals surface area contributed by atoms with Crippen molar-refractivity contribution >= 4 is 17.9 Å². The predicted molar refractivity (Wildman–Crippen MR) is 112 cm³/mol. The molecule has 0 bridgehead atoms. The number of hydrogen-bond donors (Lipinski definition) is 3. The van der Waals surface area contributed by atoms with Crippen LogP contribution in [-0.2, 0) is 11.3 Å². The van der Waals surface area contributed by atoms with Gasteiger partial charge in [0.1, 0.15) is 12.0 Å². The zero-order valence-corrected chi connectivity index (χ0v) is 17.6. The summed E-state index contributed by atoms with van der Waals surface area (Å²) in [6.45, 7) is 4.80. The number of carbonyl (C=O) groups excluding carboxylic acids is 2. The molecule has 0 saturated heterocycles. The van der Waals surface area contributed by atoms with Crippen molar-refractivity contribution < 1.29 is 32.3 Å². The minimum Gasteiger partial charge on any atom is -0.501 e. The normalized spacial score (nSPS) is 14.6. The van der Waals surface area contributed by atoms with E-state index in [0.717, 1.165) is 22.8 Å². The number of nitrogens with one attached hydrogen (secondary N) is 2. The topological polar surface area (TPSA) is 113 Å². The third-order valence-electron chi connectivity index (χ3n) is 4.48. The maximum Gasteiger partial charge on any atom is 0.471 e. The molecule has 0 spiro atoms. The molecule has 12 heteroatoms. The number of amides is 2. The fourth-order valence-electron chi connectivity index (χ4n) is 2.72. The Kier molecular flexibility index (Phi) is 8.32. The summed E-state index contributed by atoms with van der Waals surface area (Å²) >= 11 is 0. The number of hydrogen-bond acceptors (Lipinski definition) is 5. The Balaban J connectivity index is 2.16. The molecule has 2 amide bonds. The second-order valence-electron chi connectivity index (χ2n) is 7.12. The van der Waals surface area contributed by atoms with E-state index in [4.69, 9.17) is 0 Å². The van der Waals surface area contributed by atoms with Crippen LogP contribution in [0.25, 0.3) is 6.08 Å². The van der Waals surface area contributed by atoms with Crippen LogP contribution < -0.4 is 16.2 Å². The molecule has 1 unspecified atom stereocenters. The van der Waals surface area contributed by atoms with Gasteiger partial charge < -0.3 is 15.7 Å². The smallest absolute Gasteiger partial charge is 0.471 e. The van der Waals surface area contributed by atoms with Crippen molar-refractivity contribution in [2.24, 2.45) is 0 Å². The summed E-state index contributed by atoms with van der Waals surface area (Å²) in [5.41, 5.74) is -1.18. The van der Waals surface area contributed by atoms with Gasteiger partial charge >= 0.3 is 12.1 Å². The number of nitrogens with zero attached hydrogens (tertiary/aromatic N) is 2. The fraction of sp³-hybridized carbons (Fsp3) is 0.333. The van der Waals surface area contributed by atoms with Gasteiger partial charge in [0.05, 0.1) is 0 Å². The molecular weight excluding hydrogens is 448 g/mol. The van der Waals surface area contributed by atoms with Crippen LogP contribution >= 0.6 is 0 Å². The van der Waals surface area contributed by atoms with Gasteiger partial charge in [0.15, 0.2) is 5.69 Å². The Labute approximate surface area is 186 Å². The van der Waals surface area contributed by atoms with Crippen molar-refractivity contribution in [2.45, 2.75) is 38.7 Å². The van der Waals surface area contributed by atoms with Gasteiger partial charge in [0, 0.05) is 18.8 Å². The summed E-state index contributed by atoms with van der Waals surface area (Å²) in [5, 5.41) is 14.3. The number of aromatic hydroxyl groups is 1. The van der Waals surface area contributed by atoms with Gasteiger partial charge in [0.2, 0.25) is 5.75 Å². The Hall–Kier alpha value is -3.70. The number of carbonyl (C=O) groups is 2. The van der Waals surface area contributed by atoms with Gasteiger partial charge in [-0.1, -0.05) is 17.7 Å². The average Bonchev–Trinajstić information content (AvgIpc) is 2.95. The van der Waals surface area contributed by atoms with Gasteiger partial charge in [0.25, 0.3) is 11.5 Å². The fourth-order valence-corrected chi connectivity index (χ4v) is 2.72. The van der Waals surface area contributed by atoms with Crippen molar-refractivity contribution in [1.29, 1.82) is 0 Å². The molecule has 0 aromatic carbocycles. The summed E-state index contributed by atoms with van der Waals surface area (Å²) in [4.78, 5) is 39.9. The van der Waals surface area contributed by atoms with Crippen molar-refractivity contribution in [1.82, 2.24) is 20.2 Å². The maximum absolute atomic E-state index is 13.5. The van der Waals surface area contributed by atoms with E-state index in [2.05, 4.69) is 16.9 Å². The molecular formula is C21H22F4N4O4. The van der Waals surface area contributed by atoms with Crippen molar-refractivity contribution in [3.8, 4) is 5.75 Å². The van der Waals surface area contributed by atoms with Gasteiger partial charge in [-0.2, -0.15) is 13.2 Å². The first-order valence-electron chi connectivity index (χ1n) is 9.73. The van der Waals surface area contributed by atoms with E-state index in [1.807, 2.05) is 0 Å². The molecule has 1 atom stereocenters. The van der Waals surface area contributed by atoms with Gasteiger partial charge in [-0.3, -0.25) is 19.0 Å². The average molecular weight is 470 g/mol. The van der Waals surface area contributed by atoms with Crippen LogP contribution in [0.3, 0.4) is 0 Å². The molecule has 0 saturated carbocycles. The molecule has 178 valence electrons. The van der Waals surface area contributed by atoms with E-state index in [9.17, 15) is 37.1 Å². The Morgan fingerprint density at radius 3 is 2.67 bits per heavy atom. The molecule has 2 rings (SSSR count). The summed E-state index contributed by atoms with van der Waals surface area (Å²) in [5.74, 6) is -4.14. The Morgan fingerprint density at radius 1 is 1.33 bits per heavy atom. The lowest BCUT2D eigenvalue weighted by Crippen LogP contribution is -2.35. The summed E-state index contributed by atoms with van der Waals surface area (Å²) in [6, 6.07) is 0. The van der Waals surface area contributed by atoms with Crippen LogP contribution in [0.5, 0.6) is 5.75 Å². The maximum atomic E-state index is 13.5. The first kappa shape index (κ1) is 25.6. The highest BCUT2D eigenvalue weighted by Crippen LogP contribution is 2.17. The number of aromatic nitrogens is 2. The van der Waals surface area contributed by atoms with Crippen LogP contribution in [0.4, 0.5) is 17.6 Å². The quantitative estimate of drug-likeness (QED) is 0.399. The standard InChI is InChI=1S/C21H22F4N4O4/c1-3-4-13(22)6-5-12(2)11-26-18(31)16-17(30)19(32)29-10-9-14(7-8-15(29)28-16)27-20(33)21(23,24)25/h3,5,7-9,13,30H,1,4,6,10-11H2,2H3,(H,26,31)(H,27,33)/b12-5+. The number of rotatable bonds is 8. The van der Waals surface area contributed by atoms with Crippen LogP contribution in [0, 0.1) is 0 Å². The second-order valence-corrected chi connectivity index (χ2v) is 7.12. The first-order chi connectivity index (χ1) is 15.4. The second kappa shape index (κ2) is 10.7. The van der Waals surface area contributed by atoms with E-state index >= 15 is 0 Å². The van der Waals surface area contributed by atoms with Gasteiger partial charge in [-0.25, -0.2) is 9.37 Å². The minimum absolute atomic E-state index is 0.00416. The lowest BCUT2D eigenvalue weighted by molar-refractivity contribution is -0.172. The molecule has 33 heavy (non-hydrogen) atoms. The van der Waals surface area contributed by atoms with Gasteiger partial charge in [-0.15, -0.1) is 6.58 Å². The molecule has 3 N–H and O–H groups in total. The monoisotopic (exact) mass is 470 g/mol. The lowest BCUT2D eigenvalue weighted by atomic mass is 10.1. The third kappa shape index (κ3) is 6.89. The number of fused-ring (bicyclic) bond motifs is 1. The predicted octanol–water partition coefficient (Wildman–Crippen LogP) is 2.52. The highest BCUT2D eigenvalue weighted by atomic mass is 19.4. The van der Waals surface area contributed by atoms with E-state index in [1.54, 1.807) is 18.3 Å². The molecule has 0 radical (unpaired) electrons. The molecule has 0 fully saturated rings. The zero-order valence-electron chi connectivity index (χ0n) is 17.6. The molecule has 1 aliphatic rings. The lowest BCUT2D eigenvalue weighted by Gasteiger charge is -2.11. The van der Waals surface area contributed by atoms with E-state index in [-0.39, 0.29) is 37.5 Å². The minimum atomic E-state index is -5.10. The Bertz CT molecular complexity index is 1090. The van der Waals surface area contributed by atoms with Crippen molar-refractivity contribution in [3.63, 3.8) is 0 Å². The first-order valence-corrected chi connectivity index (χ1v) is 9.73. The Morgan fingerprint density at radius 2 is 2.03 bits per heavy atom. The highest BCUT2D eigenvalue weighted by molar-refractivity contribution is 5.95. The molecule has 0 aliphatic carbocycles. The van der Waals surface area contributed by atoms with Crippen LogP contribution in [0.15, 0.2) is 46.9 Å². The van der Waals surface area contributed by atoms with E-state index in [0.29, 0.717) is 5.57 Å². The van der Waals surface area contributed by atoms with Crippen LogP contribution in [-0.4, -0.2) is 45.4 Å². The van der Waals surface area contributed by atoms with E-state index in [1.165, 1.54) is 6.08 Å². The summed E-state index contributed by atoms with van der Waals surface area (Å²) in [6.07, 6.45) is 0.495. The van der Waals surface area contributed by atoms with Crippen LogP contribution in [0.2, 0.25) is 0 Å². The van der Waals surface area contributed by atoms with Crippen molar-refractivity contribution in [2.75, 3.05) is 6.54 Å². The van der Waals surface area contributed by atoms with Crippen molar-refractivity contribution in [3.05, 3.63) is 64.0 Å². The summed E-state index contributed by atoms with van der Waals surface area (Å²) < 4.78 is 51.8. The molecule has 2 heterocycles. The molecule has 1 aromatic heterocycles. The van der Waals surface area contributed by atoms with Crippen LogP contribution in [0.1, 0.15) is 36.1 Å². The SMILES string of the molecule is C=CCC(F)C/C=C(\C)CNC(=O)c1nc2n(c(=O)c1O)CC=C(NC(=O)C(F)(F)F)C=C2.